The van der Waals surface area contributed by atoms with Gasteiger partial charge in [0.25, 0.3) is 0 Å². The fraction of sp³-hybridized carbons (Fsp3) is 0.800. The number of hydrogen-bond acceptors (Lipinski definition) is 1. The molecule has 0 rings (SSSR count). The van der Waals surface area contributed by atoms with E-state index in [0.29, 0.717) is 6.61 Å². The molecule has 0 aromatic carbocycles. The summed E-state index contributed by atoms with van der Waals surface area (Å²) < 4.78 is 4.77. The molecule has 0 bridgehead atoms. The summed E-state index contributed by atoms with van der Waals surface area (Å²) in [4.78, 5) is 0. The van der Waals surface area contributed by atoms with Crippen molar-refractivity contribution in [3.05, 3.63) is 0 Å². The van der Waals surface area contributed by atoms with Crippen LogP contribution < -0.4 is 0 Å². The molecular formula is C10H18O. The van der Waals surface area contributed by atoms with Crippen molar-refractivity contribution in [2.24, 2.45) is 5.92 Å². The van der Waals surface area contributed by atoms with Crippen molar-refractivity contribution in [3.63, 3.8) is 0 Å². The summed E-state index contributed by atoms with van der Waals surface area (Å²) >= 11 is 0. The minimum atomic E-state index is 0.717. The molecule has 0 radical (unpaired) electrons. The largest absolute Gasteiger partial charge is 0.447 e. The van der Waals surface area contributed by atoms with Crippen LogP contribution in [0.1, 0.15) is 39.5 Å². The third-order valence-corrected chi connectivity index (χ3v) is 1.61. The number of ether oxygens (including phenoxy) is 1. The van der Waals surface area contributed by atoms with Crippen LogP contribution in [0.3, 0.4) is 0 Å². The van der Waals surface area contributed by atoms with E-state index in [1.807, 2.05) is 0 Å². The Morgan fingerprint density at radius 2 is 2.00 bits per heavy atom. The highest BCUT2D eigenvalue weighted by Crippen LogP contribution is 2.07. The topological polar surface area (TPSA) is 9.23 Å². The lowest BCUT2D eigenvalue weighted by Gasteiger charge is -2.02. The van der Waals surface area contributed by atoms with Crippen molar-refractivity contribution < 1.29 is 4.74 Å². The van der Waals surface area contributed by atoms with Gasteiger partial charge in [0.05, 0.1) is 0 Å². The second-order valence-corrected chi connectivity index (χ2v) is 3.21. The molecule has 0 aliphatic heterocycles. The lowest BCUT2D eigenvalue weighted by molar-refractivity contribution is 0.266. The van der Waals surface area contributed by atoms with Crippen molar-refractivity contribution in [1.29, 1.82) is 0 Å². The molecule has 0 fully saturated rings. The zero-order chi connectivity index (χ0) is 8.53. The fourth-order valence-corrected chi connectivity index (χ4v) is 0.963. The first-order valence-corrected chi connectivity index (χ1v) is 4.34. The van der Waals surface area contributed by atoms with Gasteiger partial charge < -0.3 is 4.74 Å². The zero-order valence-corrected chi connectivity index (χ0v) is 7.60. The monoisotopic (exact) mass is 154 g/mol. The molecule has 64 valence electrons. The van der Waals surface area contributed by atoms with Gasteiger partial charge in [-0.3, -0.25) is 0 Å². The number of hydrogen-bond donors (Lipinski definition) is 0. The first-order chi connectivity index (χ1) is 5.27. The Morgan fingerprint density at radius 1 is 1.27 bits per heavy atom. The van der Waals surface area contributed by atoms with Crippen LogP contribution >= 0.6 is 0 Å². The van der Waals surface area contributed by atoms with Crippen molar-refractivity contribution in [1.82, 2.24) is 0 Å². The molecule has 0 spiro atoms. The molecule has 0 amide bonds. The summed E-state index contributed by atoms with van der Waals surface area (Å²) in [5.41, 5.74) is 0. The molecule has 0 N–H and O–H groups in total. The molecule has 0 aromatic rings. The van der Waals surface area contributed by atoms with Crippen LogP contribution in [-0.2, 0) is 4.74 Å². The van der Waals surface area contributed by atoms with E-state index in [1.165, 1.54) is 19.3 Å². The van der Waals surface area contributed by atoms with Crippen LogP contribution in [-0.4, -0.2) is 6.61 Å². The highest BCUT2D eigenvalue weighted by molar-refractivity contribution is 4.67. The Kier molecular flexibility index (Phi) is 7.03. The van der Waals surface area contributed by atoms with E-state index in [-0.39, 0.29) is 0 Å². The smallest absolute Gasteiger partial charge is 0.106 e. The van der Waals surface area contributed by atoms with Crippen molar-refractivity contribution in [2.75, 3.05) is 6.61 Å². The van der Waals surface area contributed by atoms with Crippen LogP contribution in [0.5, 0.6) is 0 Å². The van der Waals surface area contributed by atoms with Gasteiger partial charge in [-0.25, -0.2) is 0 Å². The normalized spacial score (nSPS) is 9.64. The van der Waals surface area contributed by atoms with Crippen molar-refractivity contribution in [3.8, 4) is 12.5 Å². The van der Waals surface area contributed by atoms with Crippen LogP contribution in [0.25, 0.3) is 0 Å². The maximum absolute atomic E-state index is 4.92. The minimum Gasteiger partial charge on any atom is -0.447 e. The SMILES string of the molecule is C#COCCCCCC(C)C. The maximum atomic E-state index is 4.92. The summed E-state index contributed by atoms with van der Waals surface area (Å²) in [5, 5.41) is 0. The summed E-state index contributed by atoms with van der Waals surface area (Å²) in [6.07, 6.45) is 12.0. The van der Waals surface area contributed by atoms with Crippen LogP contribution in [0.4, 0.5) is 0 Å². The van der Waals surface area contributed by atoms with E-state index in [1.54, 1.807) is 0 Å². The molecule has 0 aliphatic rings. The van der Waals surface area contributed by atoms with Gasteiger partial charge in [0.1, 0.15) is 12.7 Å². The van der Waals surface area contributed by atoms with Gasteiger partial charge in [-0.15, -0.1) is 0 Å². The molecule has 11 heavy (non-hydrogen) atoms. The molecule has 1 nitrogen and oxygen atoms in total. The van der Waals surface area contributed by atoms with E-state index in [4.69, 9.17) is 11.2 Å². The van der Waals surface area contributed by atoms with E-state index >= 15 is 0 Å². The number of unbranched alkanes of at least 4 members (excludes halogenated alkanes) is 2. The second-order valence-electron chi connectivity index (χ2n) is 3.21. The van der Waals surface area contributed by atoms with Crippen molar-refractivity contribution >= 4 is 0 Å². The van der Waals surface area contributed by atoms with Gasteiger partial charge in [0, 0.05) is 0 Å². The molecule has 1 heteroatoms. The Hall–Kier alpha value is -0.640. The maximum Gasteiger partial charge on any atom is 0.106 e. The first kappa shape index (κ1) is 10.4. The Labute approximate surface area is 70.1 Å². The van der Waals surface area contributed by atoms with Crippen LogP contribution in [0, 0.1) is 18.4 Å². The lowest BCUT2D eigenvalue weighted by Crippen LogP contribution is -1.90. The lowest BCUT2D eigenvalue weighted by atomic mass is 10.1. The molecule has 0 heterocycles. The van der Waals surface area contributed by atoms with Crippen LogP contribution in [0.15, 0.2) is 0 Å². The summed E-state index contributed by atoms with van der Waals surface area (Å²) in [5.74, 6) is 0.823. The fourth-order valence-electron chi connectivity index (χ4n) is 0.963. The second kappa shape index (κ2) is 7.47. The number of terminal acetylenes is 1. The average molecular weight is 154 g/mol. The van der Waals surface area contributed by atoms with Gasteiger partial charge in [-0.1, -0.05) is 39.5 Å². The molecule has 0 saturated carbocycles. The van der Waals surface area contributed by atoms with Gasteiger partial charge >= 0.3 is 0 Å². The highest BCUT2D eigenvalue weighted by Gasteiger charge is 1.93. The van der Waals surface area contributed by atoms with Gasteiger partial charge in [0.15, 0.2) is 0 Å². The third-order valence-electron chi connectivity index (χ3n) is 1.61. The summed E-state index contributed by atoms with van der Waals surface area (Å²) in [6.45, 7) is 5.21. The van der Waals surface area contributed by atoms with E-state index in [2.05, 4.69) is 20.0 Å². The van der Waals surface area contributed by atoms with Crippen molar-refractivity contribution in [2.45, 2.75) is 39.5 Å². The Morgan fingerprint density at radius 3 is 2.55 bits per heavy atom. The highest BCUT2D eigenvalue weighted by atomic mass is 16.5. The van der Waals surface area contributed by atoms with E-state index < -0.39 is 0 Å². The molecule has 0 unspecified atom stereocenters. The van der Waals surface area contributed by atoms with Gasteiger partial charge in [-0.05, 0) is 12.3 Å². The third kappa shape index (κ3) is 9.36. The van der Waals surface area contributed by atoms with Crippen LogP contribution in [0.2, 0.25) is 0 Å². The van der Waals surface area contributed by atoms with E-state index in [9.17, 15) is 0 Å². The summed E-state index contributed by atoms with van der Waals surface area (Å²) in [7, 11) is 0. The molecule has 0 saturated heterocycles. The quantitative estimate of drug-likeness (QED) is 0.422. The molecule has 0 aromatic heterocycles. The minimum absolute atomic E-state index is 0.717. The summed E-state index contributed by atoms with van der Waals surface area (Å²) in [6, 6.07) is 0. The van der Waals surface area contributed by atoms with E-state index in [0.717, 1.165) is 12.3 Å². The Balaban J connectivity index is 2.86. The molecule has 0 atom stereocenters. The molecule has 0 aliphatic carbocycles. The standard InChI is InChI=1S/C10H18O/c1-4-11-9-7-5-6-8-10(2)3/h1,10H,5-9H2,2-3H3. The Bertz CT molecular complexity index is 111. The average Bonchev–Trinajstić information content (AvgIpc) is 1.96. The number of rotatable bonds is 6. The van der Waals surface area contributed by atoms with Gasteiger partial charge in [0.2, 0.25) is 0 Å². The predicted octanol–water partition coefficient (Wildman–Crippen LogP) is 2.81. The first-order valence-electron chi connectivity index (χ1n) is 4.34. The zero-order valence-electron chi connectivity index (χ0n) is 7.60. The predicted molar refractivity (Wildman–Crippen MR) is 48.1 cm³/mol. The van der Waals surface area contributed by atoms with Gasteiger partial charge in [-0.2, -0.15) is 0 Å². The molecular weight excluding hydrogens is 136 g/mol.